The second kappa shape index (κ2) is 4.77. The van der Waals surface area contributed by atoms with Gasteiger partial charge in [0.25, 0.3) is 0 Å². The average molecular weight is 279 g/mol. The van der Waals surface area contributed by atoms with Crippen LogP contribution in [0.25, 0.3) is 0 Å². The van der Waals surface area contributed by atoms with E-state index in [2.05, 4.69) is 15.9 Å². The van der Waals surface area contributed by atoms with Gasteiger partial charge in [-0.3, -0.25) is 4.79 Å². The van der Waals surface area contributed by atoms with Crippen LogP contribution in [0.15, 0.2) is 22.7 Å². The second-order valence-corrected chi connectivity index (χ2v) is 4.18. The molecule has 0 aliphatic rings. The summed E-state index contributed by atoms with van der Waals surface area (Å²) >= 11 is 9.07. The Bertz CT molecular complexity index is 357. The highest BCUT2D eigenvalue weighted by atomic mass is 79.9. The predicted octanol–water partition coefficient (Wildman–Crippen LogP) is 2.06. The Labute approximate surface area is 95.0 Å². The summed E-state index contributed by atoms with van der Waals surface area (Å²) in [5.41, 5.74) is 6.20. The van der Waals surface area contributed by atoms with E-state index >= 15 is 0 Å². The molecule has 1 aromatic carbocycles. The van der Waals surface area contributed by atoms with Gasteiger partial charge in [0.2, 0.25) is 0 Å². The zero-order chi connectivity index (χ0) is 10.7. The molecule has 0 aliphatic heterocycles. The van der Waals surface area contributed by atoms with Crippen LogP contribution in [0.3, 0.4) is 0 Å². The number of rotatable bonds is 3. The van der Waals surface area contributed by atoms with Gasteiger partial charge in [-0.05, 0) is 30.2 Å². The molecule has 5 heteroatoms. The van der Waals surface area contributed by atoms with Gasteiger partial charge in [-0.2, -0.15) is 0 Å². The molecule has 3 nitrogen and oxygen atoms in total. The molecule has 0 radical (unpaired) electrons. The maximum atomic E-state index is 10.5. The first kappa shape index (κ1) is 11.5. The molecule has 3 N–H and O–H groups in total. The highest BCUT2D eigenvalue weighted by Gasteiger charge is 2.13. The Hall–Kier alpha value is -0.580. The molecule has 0 bridgehead atoms. The standard InChI is InChI=1S/C9H9BrClNO2/c10-7-2-1-6(11)3-5(7)4-8(12)9(13)14/h1-3,8H,4,12H2,(H,13,14). The Balaban J connectivity index is 2.85. The maximum absolute atomic E-state index is 10.5. The van der Waals surface area contributed by atoms with E-state index in [1.807, 2.05) is 0 Å². The van der Waals surface area contributed by atoms with Crippen LogP contribution in [0.2, 0.25) is 5.02 Å². The van der Waals surface area contributed by atoms with Crippen molar-refractivity contribution in [1.82, 2.24) is 0 Å². The lowest BCUT2D eigenvalue weighted by Gasteiger charge is -2.08. The lowest BCUT2D eigenvalue weighted by Crippen LogP contribution is -2.32. The minimum absolute atomic E-state index is 0.260. The number of carboxylic acid groups (broad SMARTS) is 1. The Morgan fingerprint density at radius 1 is 1.64 bits per heavy atom. The summed E-state index contributed by atoms with van der Waals surface area (Å²) in [6.45, 7) is 0. The van der Waals surface area contributed by atoms with Crippen LogP contribution in [0.5, 0.6) is 0 Å². The molecule has 0 amide bonds. The molecule has 0 fully saturated rings. The maximum Gasteiger partial charge on any atom is 0.320 e. The van der Waals surface area contributed by atoms with E-state index in [1.165, 1.54) is 0 Å². The van der Waals surface area contributed by atoms with E-state index in [0.717, 1.165) is 10.0 Å². The summed E-state index contributed by atoms with van der Waals surface area (Å²) in [6, 6.07) is 4.30. The van der Waals surface area contributed by atoms with Crippen LogP contribution in [0, 0.1) is 0 Å². The van der Waals surface area contributed by atoms with Crippen molar-refractivity contribution in [2.24, 2.45) is 5.73 Å². The minimum Gasteiger partial charge on any atom is -0.480 e. The summed E-state index contributed by atoms with van der Waals surface area (Å²) in [7, 11) is 0. The molecule has 1 unspecified atom stereocenters. The fourth-order valence-electron chi connectivity index (χ4n) is 1.02. The Morgan fingerprint density at radius 2 is 2.29 bits per heavy atom. The van der Waals surface area contributed by atoms with E-state index in [1.54, 1.807) is 18.2 Å². The zero-order valence-electron chi connectivity index (χ0n) is 7.21. The Morgan fingerprint density at radius 3 is 2.86 bits per heavy atom. The van der Waals surface area contributed by atoms with Gasteiger partial charge in [0.05, 0.1) is 0 Å². The molecule has 0 saturated carbocycles. The van der Waals surface area contributed by atoms with Gasteiger partial charge in [0.1, 0.15) is 6.04 Å². The number of carbonyl (C=O) groups is 1. The van der Waals surface area contributed by atoms with Crippen molar-refractivity contribution in [1.29, 1.82) is 0 Å². The monoisotopic (exact) mass is 277 g/mol. The smallest absolute Gasteiger partial charge is 0.320 e. The first-order valence-electron chi connectivity index (χ1n) is 3.93. The van der Waals surface area contributed by atoms with Crippen LogP contribution < -0.4 is 5.73 Å². The number of halogens is 2. The fraction of sp³-hybridized carbons (Fsp3) is 0.222. The van der Waals surface area contributed by atoms with E-state index in [4.69, 9.17) is 22.4 Å². The molecule has 14 heavy (non-hydrogen) atoms. The first-order chi connectivity index (χ1) is 6.50. The van der Waals surface area contributed by atoms with E-state index in [-0.39, 0.29) is 6.42 Å². The quantitative estimate of drug-likeness (QED) is 0.889. The molecule has 1 atom stereocenters. The summed E-state index contributed by atoms with van der Waals surface area (Å²) in [5, 5.41) is 9.20. The molecule has 0 aromatic heterocycles. The van der Waals surface area contributed by atoms with Crippen molar-refractivity contribution in [3.8, 4) is 0 Å². The normalized spacial score (nSPS) is 12.5. The van der Waals surface area contributed by atoms with Gasteiger partial charge in [-0.25, -0.2) is 0 Å². The number of hydrogen-bond donors (Lipinski definition) is 2. The topological polar surface area (TPSA) is 63.3 Å². The summed E-state index contributed by atoms with van der Waals surface area (Å²) in [6.07, 6.45) is 0.260. The van der Waals surface area contributed by atoms with Gasteiger partial charge in [0.15, 0.2) is 0 Å². The lowest BCUT2D eigenvalue weighted by atomic mass is 10.1. The second-order valence-electron chi connectivity index (χ2n) is 2.88. The van der Waals surface area contributed by atoms with Crippen LogP contribution in [0.1, 0.15) is 5.56 Å². The number of hydrogen-bond acceptors (Lipinski definition) is 2. The van der Waals surface area contributed by atoms with Crippen molar-refractivity contribution >= 4 is 33.5 Å². The van der Waals surface area contributed by atoms with E-state index < -0.39 is 12.0 Å². The van der Waals surface area contributed by atoms with Gasteiger partial charge in [-0.1, -0.05) is 27.5 Å². The minimum atomic E-state index is -1.02. The summed E-state index contributed by atoms with van der Waals surface area (Å²) in [4.78, 5) is 10.5. The van der Waals surface area contributed by atoms with Gasteiger partial charge < -0.3 is 10.8 Å². The highest BCUT2D eigenvalue weighted by Crippen LogP contribution is 2.22. The lowest BCUT2D eigenvalue weighted by molar-refractivity contribution is -0.138. The average Bonchev–Trinajstić information content (AvgIpc) is 2.11. The molecule has 0 spiro atoms. The molecule has 1 rings (SSSR count). The number of benzene rings is 1. The van der Waals surface area contributed by atoms with E-state index in [0.29, 0.717) is 5.02 Å². The van der Waals surface area contributed by atoms with Crippen molar-refractivity contribution in [3.63, 3.8) is 0 Å². The molecule has 0 aliphatic carbocycles. The van der Waals surface area contributed by atoms with Crippen molar-refractivity contribution < 1.29 is 9.90 Å². The summed E-state index contributed by atoms with van der Waals surface area (Å²) in [5.74, 6) is -1.02. The largest absolute Gasteiger partial charge is 0.480 e. The van der Waals surface area contributed by atoms with Crippen LogP contribution in [-0.4, -0.2) is 17.1 Å². The van der Waals surface area contributed by atoms with Crippen LogP contribution in [0.4, 0.5) is 0 Å². The molecule has 1 aromatic rings. The molecular formula is C9H9BrClNO2. The van der Waals surface area contributed by atoms with Gasteiger partial charge in [-0.15, -0.1) is 0 Å². The number of nitrogens with two attached hydrogens (primary N) is 1. The zero-order valence-corrected chi connectivity index (χ0v) is 9.55. The number of aliphatic carboxylic acids is 1. The molecule has 0 heterocycles. The van der Waals surface area contributed by atoms with Gasteiger partial charge in [0, 0.05) is 9.50 Å². The SMILES string of the molecule is NC(Cc1cc(Cl)ccc1Br)C(=O)O. The number of carboxylic acids is 1. The van der Waals surface area contributed by atoms with Crippen molar-refractivity contribution in [3.05, 3.63) is 33.3 Å². The van der Waals surface area contributed by atoms with Crippen LogP contribution >= 0.6 is 27.5 Å². The van der Waals surface area contributed by atoms with Gasteiger partial charge >= 0.3 is 5.97 Å². The third kappa shape index (κ3) is 2.97. The fourth-order valence-corrected chi connectivity index (χ4v) is 1.63. The van der Waals surface area contributed by atoms with Crippen molar-refractivity contribution in [2.75, 3.05) is 0 Å². The predicted molar refractivity (Wildman–Crippen MR) is 58.5 cm³/mol. The third-order valence-electron chi connectivity index (χ3n) is 1.76. The summed E-state index contributed by atoms with van der Waals surface area (Å²) < 4.78 is 0.818. The highest BCUT2D eigenvalue weighted by molar-refractivity contribution is 9.10. The first-order valence-corrected chi connectivity index (χ1v) is 5.10. The van der Waals surface area contributed by atoms with E-state index in [9.17, 15) is 4.79 Å². The molecule has 76 valence electrons. The molecular weight excluding hydrogens is 269 g/mol. The third-order valence-corrected chi connectivity index (χ3v) is 2.77. The molecule has 0 saturated heterocycles. The van der Waals surface area contributed by atoms with Crippen LogP contribution in [-0.2, 0) is 11.2 Å². The Kier molecular flexibility index (Phi) is 3.92. The van der Waals surface area contributed by atoms with Crippen molar-refractivity contribution in [2.45, 2.75) is 12.5 Å².